The lowest BCUT2D eigenvalue weighted by atomic mass is 10.1. The summed E-state index contributed by atoms with van der Waals surface area (Å²) < 4.78 is 5.26. The van der Waals surface area contributed by atoms with Gasteiger partial charge in [0.25, 0.3) is 5.91 Å². The molecule has 0 spiro atoms. The highest BCUT2D eigenvalue weighted by atomic mass is 32.1. The molecule has 1 atom stereocenters. The lowest BCUT2D eigenvalue weighted by molar-refractivity contribution is 0.0926. The summed E-state index contributed by atoms with van der Waals surface area (Å²) in [7, 11) is 0. The molecule has 3 rings (SSSR count). The van der Waals surface area contributed by atoms with Gasteiger partial charge >= 0.3 is 0 Å². The minimum atomic E-state index is -0.159. The third kappa shape index (κ3) is 3.82. The molecule has 1 saturated carbocycles. The predicted molar refractivity (Wildman–Crippen MR) is 90.8 cm³/mol. The first-order valence-corrected chi connectivity index (χ1v) is 9.18. The number of likely N-dealkylation sites (N-methyl/N-ethyl adjacent to an activating group) is 1. The number of amides is 1. The molecular weight excluding hydrogens is 310 g/mol. The summed E-state index contributed by atoms with van der Waals surface area (Å²) in [5, 5.41) is 11.1. The Labute approximate surface area is 140 Å². The van der Waals surface area contributed by atoms with Gasteiger partial charge in [0.15, 0.2) is 5.69 Å². The van der Waals surface area contributed by atoms with Crippen molar-refractivity contribution in [1.29, 1.82) is 0 Å². The number of nitrogens with one attached hydrogen (secondary N) is 1. The second kappa shape index (κ2) is 7.27. The monoisotopic (exact) mass is 333 g/mol. The fraction of sp³-hybridized carbons (Fsp3) is 0.529. The van der Waals surface area contributed by atoms with E-state index in [0.29, 0.717) is 18.2 Å². The Bertz CT molecular complexity index is 630. The molecule has 2 aromatic heterocycles. The maximum Gasteiger partial charge on any atom is 0.273 e. The van der Waals surface area contributed by atoms with Crippen LogP contribution in [0.4, 0.5) is 0 Å². The standard InChI is InChI=1S/C17H23N3O2S/c1-3-20(4-2)15(13-7-8-23-11-13)10-18-17(21)14-9-16(22-19-14)12-5-6-12/h7-9,11-12,15H,3-6,10H2,1-2H3,(H,18,21). The van der Waals surface area contributed by atoms with Crippen molar-refractivity contribution in [3.8, 4) is 0 Å². The Morgan fingerprint density at radius 1 is 1.48 bits per heavy atom. The molecule has 6 heteroatoms. The van der Waals surface area contributed by atoms with Crippen LogP contribution in [0, 0.1) is 0 Å². The van der Waals surface area contributed by atoms with Crippen LogP contribution in [0.5, 0.6) is 0 Å². The summed E-state index contributed by atoms with van der Waals surface area (Å²) in [5.74, 6) is 1.15. The topological polar surface area (TPSA) is 58.4 Å². The van der Waals surface area contributed by atoms with E-state index in [0.717, 1.165) is 31.7 Å². The van der Waals surface area contributed by atoms with Gasteiger partial charge in [-0.3, -0.25) is 9.69 Å². The molecule has 0 bridgehead atoms. The van der Waals surface area contributed by atoms with E-state index in [-0.39, 0.29) is 11.9 Å². The van der Waals surface area contributed by atoms with Gasteiger partial charge in [0.1, 0.15) is 5.76 Å². The molecule has 1 N–H and O–H groups in total. The van der Waals surface area contributed by atoms with Crippen molar-refractivity contribution in [1.82, 2.24) is 15.4 Å². The van der Waals surface area contributed by atoms with Gasteiger partial charge in [-0.05, 0) is 48.3 Å². The second-order valence-electron chi connectivity index (χ2n) is 5.89. The number of nitrogens with zero attached hydrogens (tertiary/aromatic N) is 2. The third-order valence-electron chi connectivity index (χ3n) is 4.38. The fourth-order valence-electron chi connectivity index (χ4n) is 2.82. The molecule has 0 aliphatic heterocycles. The number of rotatable bonds is 8. The van der Waals surface area contributed by atoms with E-state index in [9.17, 15) is 4.79 Å². The number of carbonyl (C=O) groups is 1. The van der Waals surface area contributed by atoms with Crippen molar-refractivity contribution in [2.75, 3.05) is 19.6 Å². The van der Waals surface area contributed by atoms with Crippen molar-refractivity contribution in [3.05, 3.63) is 39.9 Å². The van der Waals surface area contributed by atoms with E-state index < -0.39 is 0 Å². The van der Waals surface area contributed by atoms with E-state index in [1.807, 2.05) is 0 Å². The molecule has 0 saturated heterocycles. The molecule has 1 amide bonds. The minimum Gasteiger partial charge on any atom is -0.360 e. The molecule has 0 radical (unpaired) electrons. The van der Waals surface area contributed by atoms with Crippen LogP contribution >= 0.6 is 11.3 Å². The first-order valence-electron chi connectivity index (χ1n) is 8.23. The highest BCUT2D eigenvalue weighted by Gasteiger charge is 2.29. The van der Waals surface area contributed by atoms with E-state index in [1.54, 1.807) is 17.4 Å². The molecule has 0 aromatic carbocycles. The molecule has 1 aliphatic carbocycles. The molecule has 5 nitrogen and oxygen atoms in total. The third-order valence-corrected chi connectivity index (χ3v) is 5.08. The summed E-state index contributed by atoms with van der Waals surface area (Å²) in [6.45, 7) is 6.75. The van der Waals surface area contributed by atoms with Crippen LogP contribution in [0.2, 0.25) is 0 Å². The predicted octanol–water partition coefficient (Wildman–Crippen LogP) is 3.43. The summed E-state index contributed by atoms with van der Waals surface area (Å²) in [6.07, 6.45) is 2.27. The highest BCUT2D eigenvalue weighted by molar-refractivity contribution is 7.07. The smallest absolute Gasteiger partial charge is 0.273 e. The Morgan fingerprint density at radius 2 is 2.26 bits per heavy atom. The van der Waals surface area contributed by atoms with Gasteiger partial charge in [0.05, 0.1) is 6.04 Å². The van der Waals surface area contributed by atoms with Crippen LogP contribution in [-0.4, -0.2) is 35.6 Å². The maximum absolute atomic E-state index is 12.3. The molecular formula is C17H23N3O2S. The van der Waals surface area contributed by atoms with Crippen molar-refractivity contribution in [3.63, 3.8) is 0 Å². The molecule has 1 unspecified atom stereocenters. The van der Waals surface area contributed by atoms with Gasteiger partial charge in [-0.15, -0.1) is 0 Å². The number of thiophene rings is 1. The second-order valence-corrected chi connectivity index (χ2v) is 6.67. The first kappa shape index (κ1) is 16.2. The van der Waals surface area contributed by atoms with Crippen molar-refractivity contribution in [2.45, 2.75) is 38.6 Å². The van der Waals surface area contributed by atoms with Crippen LogP contribution in [0.3, 0.4) is 0 Å². The quantitative estimate of drug-likeness (QED) is 0.804. The summed E-state index contributed by atoms with van der Waals surface area (Å²) >= 11 is 1.68. The molecule has 1 aliphatic rings. The van der Waals surface area contributed by atoms with Crippen molar-refractivity contribution < 1.29 is 9.32 Å². The normalized spacial score (nSPS) is 15.8. The van der Waals surface area contributed by atoms with Gasteiger partial charge in [-0.2, -0.15) is 11.3 Å². The van der Waals surface area contributed by atoms with Crippen molar-refractivity contribution >= 4 is 17.2 Å². The van der Waals surface area contributed by atoms with Crippen LogP contribution < -0.4 is 5.32 Å². The van der Waals surface area contributed by atoms with Gasteiger partial charge in [0, 0.05) is 18.5 Å². The number of aromatic nitrogens is 1. The van der Waals surface area contributed by atoms with Crippen molar-refractivity contribution in [2.24, 2.45) is 0 Å². The van der Waals surface area contributed by atoms with Crippen LogP contribution in [0.25, 0.3) is 0 Å². The lowest BCUT2D eigenvalue weighted by Gasteiger charge is -2.29. The lowest BCUT2D eigenvalue weighted by Crippen LogP contribution is -2.38. The van der Waals surface area contributed by atoms with Crippen LogP contribution in [-0.2, 0) is 0 Å². The molecule has 124 valence electrons. The largest absolute Gasteiger partial charge is 0.360 e. The van der Waals surface area contributed by atoms with E-state index in [1.165, 1.54) is 5.56 Å². The molecule has 1 fully saturated rings. The van der Waals surface area contributed by atoms with E-state index in [4.69, 9.17) is 4.52 Å². The number of carbonyl (C=O) groups excluding carboxylic acids is 1. The summed E-state index contributed by atoms with van der Waals surface area (Å²) in [5.41, 5.74) is 1.63. The molecule has 2 heterocycles. The zero-order valence-corrected chi connectivity index (χ0v) is 14.4. The highest BCUT2D eigenvalue weighted by Crippen LogP contribution is 2.40. The number of hydrogen-bond acceptors (Lipinski definition) is 5. The minimum absolute atomic E-state index is 0.159. The van der Waals surface area contributed by atoms with Gasteiger partial charge in [0.2, 0.25) is 0 Å². The fourth-order valence-corrected chi connectivity index (χ4v) is 3.53. The van der Waals surface area contributed by atoms with E-state index >= 15 is 0 Å². The Kier molecular flexibility index (Phi) is 5.13. The Balaban J connectivity index is 1.64. The van der Waals surface area contributed by atoms with Gasteiger partial charge in [-0.1, -0.05) is 19.0 Å². The SMILES string of the molecule is CCN(CC)C(CNC(=O)c1cc(C2CC2)on1)c1ccsc1. The average Bonchev–Trinajstić information content (AvgIpc) is 3.07. The zero-order chi connectivity index (χ0) is 16.2. The first-order chi connectivity index (χ1) is 11.2. The Morgan fingerprint density at radius 3 is 2.87 bits per heavy atom. The maximum atomic E-state index is 12.3. The average molecular weight is 333 g/mol. The summed E-state index contributed by atoms with van der Waals surface area (Å²) in [6, 6.07) is 4.10. The molecule has 23 heavy (non-hydrogen) atoms. The summed E-state index contributed by atoms with van der Waals surface area (Å²) in [4.78, 5) is 14.7. The number of hydrogen-bond donors (Lipinski definition) is 1. The van der Waals surface area contributed by atoms with Gasteiger partial charge < -0.3 is 9.84 Å². The van der Waals surface area contributed by atoms with E-state index in [2.05, 4.69) is 46.0 Å². The zero-order valence-electron chi connectivity index (χ0n) is 13.6. The van der Waals surface area contributed by atoms with Gasteiger partial charge in [-0.25, -0.2) is 0 Å². The Hall–Kier alpha value is -1.66. The van der Waals surface area contributed by atoms with Crippen LogP contribution in [0.15, 0.2) is 27.4 Å². The molecule has 2 aromatic rings. The van der Waals surface area contributed by atoms with Crippen LogP contribution in [0.1, 0.15) is 60.5 Å².